The second-order valence-corrected chi connectivity index (χ2v) is 4.89. The molecule has 1 aliphatic rings. The van der Waals surface area contributed by atoms with Crippen LogP contribution >= 0.6 is 0 Å². The van der Waals surface area contributed by atoms with Crippen LogP contribution in [0.5, 0.6) is 0 Å². The van der Waals surface area contributed by atoms with Gasteiger partial charge < -0.3 is 15.1 Å². The maximum absolute atomic E-state index is 13.3. The Kier molecular flexibility index (Phi) is 4.37. The maximum atomic E-state index is 13.3. The van der Waals surface area contributed by atoms with E-state index >= 15 is 0 Å². The summed E-state index contributed by atoms with van der Waals surface area (Å²) in [6, 6.07) is 4.75. The lowest BCUT2D eigenvalue weighted by Gasteiger charge is -2.24. The number of hydrogen-bond donors (Lipinski definition) is 1. The molecule has 0 bridgehead atoms. The molecule has 1 aromatic carbocycles. The Bertz CT molecular complexity index is 464. The van der Waals surface area contributed by atoms with E-state index in [9.17, 15) is 9.18 Å². The fourth-order valence-corrected chi connectivity index (χ4v) is 2.39. The third-order valence-electron chi connectivity index (χ3n) is 3.42. The van der Waals surface area contributed by atoms with Crippen LogP contribution in [-0.4, -0.2) is 44.5 Å². The van der Waals surface area contributed by atoms with Crippen molar-refractivity contribution in [1.82, 2.24) is 10.2 Å². The van der Waals surface area contributed by atoms with Crippen molar-refractivity contribution >= 4 is 11.6 Å². The van der Waals surface area contributed by atoms with Crippen LogP contribution in [-0.2, 0) is 11.3 Å². The molecule has 0 unspecified atom stereocenters. The summed E-state index contributed by atoms with van der Waals surface area (Å²) in [5.41, 5.74) is 1.83. The van der Waals surface area contributed by atoms with Crippen LogP contribution in [0.1, 0.15) is 12.0 Å². The molecule has 0 atom stereocenters. The highest BCUT2D eigenvalue weighted by molar-refractivity contribution is 5.82. The predicted molar refractivity (Wildman–Crippen MR) is 73.6 cm³/mol. The smallest absolute Gasteiger partial charge is 0.241 e. The number of anilines is 1. The number of halogens is 1. The minimum Gasteiger partial charge on any atom is -0.362 e. The van der Waals surface area contributed by atoms with Crippen LogP contribution in [0.15, 0.2) is 18.2 Å². The normalized spacial score (nSPS) is 16.7. The third-order valence-corrected chi connectivity index (χ3v) is 3.42. The van der Waals surface area contributed by atoms with E-state index in [4.69, 9.17) is 0 Å². The Balaban J connectivity index is 2.27. The first kappa shape index (κ1) is 13.8. The Labute approximate surface area is 113 Å². The van der Waals surface area contributed by atoms with Crippen LogP contribution in [0.2, 0.25) is 0 Å². The Hall–Kier alpha value is -1.62. The van der Waals surface area contributed by atoms with Gasteiger partial charge in [-0.15, -0.1) is 0 Å². The highest BCUT2D eigenvalue weighted by Crippen LogP contribution is 2.23. The Morgan fingerprint density at radius 2 is 2.16 bits per heavy atom. The number of carbonyl (C=O) groups is 1. The quantitative estimate of drug-likeness (QED) is 0.892. The van der Waals surface area contributed by atoms with Gasteiger partial charge in [-0.3, -0.25) is 4.79 Å². The van der Waals surface area contributed by atoms with Gasteiger partial charge in [0.05, 0.1) is 6.54 Å². The first-order valence-electron chi connectivity index (χ1n) is 6.53. The molecule has 0 spiro atoms. The second-order valence-electron chi connectivity index (χ2n) is 4.89. The average molecular weight is 265 g/mol. The lowest BCUT2D eigenvalue weighted by molar-refractivity contribution is -0.127. The molecule has 104 valence electrons. The standard InChI is InChI=1S/C14H20FN3O/c1-16-9-11-8-12(15)4-5-13(11)18-7-3-6-17(2)14(19)10-18/h4-5,8,16H,3,6-7,9-10H2,1-2H3. The predicted octanol–water partition coefficient (Wildman–Crippen LogP) is 1.21. The molecule has 0 saturated carbocycles. The summed E-state index contributed by atoms with van der Waals surface area (Å²) >= 11 is 0. The fraction of sp³-hybridized carbons (Fsp3) is 0.500. The molecule has 0 aliphatic carbocycles. The molecule has 4 nitrogen and oxygen atoms in total. The van der Waals surface area contributed by atoms with Crippen molar-refractivity contribution in [3.05, 3.63) is 29.6 Å². The number of hydrogen-bond acceptors (Lipinski definition) is 3. The Morgan fingerprint density at radius 1 is 1.37 bits per heavy atom. The molecule has 0 radical (unpaired) electrons. The molecular weight excluding hydrogens is 245 g/mol. The molecular formula is C14H20FN3O. The molecule has 1 aromatic rings. The molecule has 1 N–H and O–H groups in total. The molecule has 1 saturated heterocycles. The number of rotatable bonds is 3. The van der Waals surface area contributed by atoms with E-state index in [0.717, 1.165) is 30.8 Å². The number of nitrogens with zero attached hydrogens (tertiary/aromatic N) is 2. The molecule has 2 rings (SSSR count). The number of nitrogens with one attached hydrogen (secondary N) is 1. The van der Waals surface area contributed by atoms with E-state index in [1.807, 2.05) is 19.0 Å². The van der Waals surface area contributed by atoms with Crippen molar-refractivity contribution in [3.63, 3.8) is 0 Å². The zero-order chi connectivity index (χ0) is 13.8. The number of benzene rings is 1. The van der Waals surface area contributed by atoms with Gasteiger partial charge in [0, 0.05) is 32.4 Å². The van der Waals surface area contributed by atoms with Gasteiger partial charge in [0.1, 0.15) is 5.82 Å². The molecule has 5 heteroatoms. The number of carbonyl (C=O) groups excluding carboxylic acids is 1. The van der Waals surface area contributed by atoms with Crippen molar-refractivity contribution in [1.29, 1.82) is 0 Å². The van der Waals surface area contributed by atoms with E-state index in [1.54, 1.807) is 11.0 Å². The maximum Gasteiger partial charge on any atom is 0.241 e. The average Bonchev–Trinajstić information content (AvgIpc) is 2.53. The van der Waals surface area contributed by atoms with E-state index in [0.29, 0.717) is 13.1 Å². The van der Waals surface area contributed by atoms with E-state index in [1.165, 1.54) is 12.1 Å². The van der Waals surface area contributed by atoms with E-state index < -0.39 is 0 Å². The molecule has 1 amide bonds. The van der Waals surface area contributed by atoms with Crippen molar-refractivity contribution in [2.24, 2.45) is 0 Å². The fourth-order valence-electron chi connectivity index (χ4n) is 2.39. The van der Waals surface area contributed by atoms with Crippen LogP contribution < -0.4 is 10.2 Å². The van der Waals surface area contributed by atoms with Crippen molar-refractivity contribution < 1.29 is 9.18 Å². The van der Waals surface area contributed by atoms with Gasteiger partial charge in [-0.25, -0.2) is 4.39 Å². The van der Waals surface area contributed by atoms with Gasteiger partial charge in [0.15, 0.2) is 0 Å². The van der Waals surface area contributed by atoms with Gasteiger partial charge in [-0.05, 0) is 37.2 Å². The number of likely N-dealkylation sites (N-methyl/N-ethyl adjacent to an activating group) is 1. The molecule has 1 fully saturated rings. The summed E-state index contributed by atoms with van der Waals surface area (Å²) in [5.74, 6) is -0.135. The van der Waals surface area contributed by atoms with Gasteiger partial charge in [0.2, 0.25) is 5.91 Å². The minimum absolute atomic E-state index is 0.109. The summed E-state index contributed by atoms with van der Waals surface area (Å²) in [4.78, 5) is 15.7. The lowest BCUT2D eigenvalue weighted by atomic mass is 10.1. The minimum atomic E-state index is -0.243. The van der Waals surface area contributed by atoms with Crippen LogP contribution in [0.3, 0.4) is 0 Å². The van der Waals surface area contributed by atoms with Crippen molar-refractivity contribution in [3.8, 4) is 0 Å². The highest BCUT2D eigenvalue weighted by Gasteiger charge is 2.20. The van der Waals surface area contributed by atoms with Gasteiger partial charge in [-0.2, -0.15) is 0 Å². The van der Waals surface area contributed by atoms with Gasteiger partial charge in [0.25, 0.3) is 0 Å². The van der Waals surface area contributed by atoms with Crippen LogP contribution in [0.4, 0.5) is 10.1 Å². The second kappa shape index (κ2) is 6.02. The monoisotopic (exact) mass is 265 g/mol. The topological polar surface area (TPSA) is 35.6 Å². The zero-order valence-corrected chi connectivity index (χ0v) is 11.4. The van der Waals surface area contributed by atoms with Crippen LogP contribution in [0, 0.1) is 5.82 Å². The van der Waals surface area contributed by atoms with E-state index in [2.05, 4.69) is 5.32 Å². The summed E-state index contributed by atoms with van der Waals surface area (Å²) in [6.07, 6.45) is 0.929. The molecule has 1 aliphatic heterocycles. The largest absolute Gasteiger partial charge is 0.362 e. The third kappa shape index (κ3) is 3.23. The van der Waals surface area contributed by atoms with Crippen molar-refractivity contribution in [2.45, 2.75) is 13.0 Å². The van der Waals surface area contributed by atoms with E-state index in [-0.39, 0.29) is 11.7 Å². The van der Waals surface area contributed by atoms with Crippen LogP contribution in [0.25, 0.3) is 0 Å². The first-order chi connectivity index (χ1) is 9.11. The SMILES string of the molecule is CNCc1cc(F)ccc1N1CCCN(C)C(=O)C1. The summed E-state index contributed by atoms with van der Waals surface area (Å²) < 4.78 is 13.3. The molecule has 0 aromatic heterocycles. The van der Waals surface area contributed by atoms with Gasteiger partial charge >= 0.3 is 0 Å². The number of amides is 1. The Morgan fingerprint density at radius 3 is 2.89 bits per heavy atom. The summed E-state index contributed by atoms with van der Waals surface area (Å²) in [6.45, 7) is 2.54. The lowest BCUT2D eigenvalue weighted by Crippen LogP contribution is -2.35. The van der Waals surface area contributed by atoms with Gasteiger partial charge in [-0.1, -0.05) is 0 Å². The van der Waals surface area contributed by atoms with Crippen molar-refractivity contribution in [2.75, 3.05) is 38.6 Å². The molecule has 19 heavy (non-hydrogen) atoms. The molecule has 1 heterocycles. The zero-order valence-electron chi connectivity index (χ0n) is 11.4. The summed E-state index contributed by atoms with van der Waals surface area (Å²) in [7, 11) is 3.65. The first-order valence-corrected chi connectivity index (χ1v) is 6.53. The summed E-state index contributed by atoms with van der Waals surface area (Å²) in [5, 5.41) is 3.04. The highest BCUT2D eigenvalue weighted by atomic mass is 19.1.